The van der Waals surface area contributed by atoms with E-state index >= 15 is 0 Å². The summed E-state index contributed by atoms with van der Waals surface area (Å²) in [5, 5.41) is 0.607. The second-order valence-electron chi connectivity index (χ2n) is 8.40. The van der Waals surface area contributed by atoms with Crippen molar-refractivity contribution in [3.05, 3.63) is 91.8 Å². The first-order valence-corrected chi connectivity index (χ1v) is 13.0. The minimum absolute atomic E-state index is 0.167. The second-order valence-corrected chi connectivity index (χ2v) is 10.2. The van der Waals surface area contributed by atoms with Gasteiger partial charge in [0.15, 0.2) is 11.5 Å². The predicted molar refractivity (Wildman–Crippen MR) is 148 cm³/mol. The molecule has 1 saturated heterocycles. The Morgan fingerprint density at radius 1 is 0.892 bits per heavy atom. The number of imide groups is 1. The van der Waals surface area contributed by atoms with Crippen molar-refractivity contribution in [2.45, 2.75) is 20.5 Å². The van der Waals surface area contributed by atoms with E-state index in [4.69, 9.17) is 37.4 Å². The number of thioether (sulfide) groups is 1. The molecule has 1 aliphatic heterocycles. The quantitative estimate of drug-likeness (QED) is 0.257. The number of ether oxygens (including phenoxy) is 3. The highest BCUT2D eigenvalue weighted by molar-refractivity contribution is 8.18. The molecule has 0 aliphatic carbocycles. The van der Waals surface area contributed by atoms with E-state index in [2.05, 4.69) is 0 Å². The van der Waals surface area contributed by atoms with E-state index in [-0.39, 0.29) is 30.9 Å². The Labute approximate surface area is 230 Å². The molecule has 0 radical (unpaired) electrons. The summed E-state index contributed by atoms with van der Waals surface area (Å²) < 4.78 is 17.2. The van der Waals surface area contributed by atoms with Crippen molar-refractivity contribution < 1.29 is 23.8 Å². The van der Waals surface area contributed by atoms with E-state index in [1.165, 1.54) is 12.0 Å². The van der Waals surface area contributed by atoms with Gasteiger partial charge in [-0.15, -0.1) is 0 Å². The number of halogens is 2. The van der Waals surface area contributed by atoms with E-state index in [0.717, 1.165) is 34.2 Å². The van der Waals surface area contributed by atoms with E-state index in [9.17, 15) is 9.59 Å². The van der Waals surface area contributed by atoms with Gasteiger partial charge >= 0.3 is 0 Å². The highest BCUT2D eigenvalue weighted by Crippen LogP contribution is 2.35. The van der Waals surface area contributed by atoms with Crippen LogP contribution in [0.4, 0.5) is 4.79 Å². The lowest BCUT2D eigenvalue weighted by molar-refractivity contribution is -0.123. The van der Waals surface area contributed by atoms with Gasteiger partial charge in [0.2, 0.25) is 0 Å². The van der Waals surface area contributed by atoms with Gasteiger partial charge in [0.05, 0.1) is 28.6 Å². The van der Waals surface area contributed by atoms with E-state index in [1.807, 2.05) is 38.1 Å². The molecular formula is C28H25Cl2NO5S. The molecule has 0 saturated carbocycles. The van der Waals surface area contributed by atoms with Gasteiger partial charge in [0, 0.05) is 0 Å². The van der Waals surface area contributed by atoms with Crippen LogP contribution in [-0.2, 0) is 11.4 Å². The molecule has 1 heterocycles. The van der Waals surface area contributed by atoms with Crippen LogP contribution in [0, 0.1) is 13.8 Å². The number of benzene rings is 3. The van der Waals surface area contributed by atoms with Crippen molar-refractivity contribution in [2.24, 2.45) is 0 Å². The lowest BCUT2D eigenvalue weighted by Crippen LogP contribution is -2.32. The molecule has 0 spiro atoms. The van der Waals surface area contributed by atoms with Crippen molar-refractivity contribution >= 4 is 52.2 Å². The Balaban J connectivity index is 1.40. The van der Waals surface area contributed by atoms with Crippen LogP contribution >= 0.6 is 35.0 Å². The highest BCUT2D eigenvalue weighted by atomic mass is 35.5. The lowest BCUT2D eigenvalue weighted by Gasteiger charge is -2.14. The van der Waals surface area contributed by atoms with Gasteiger partial charge in [0.25, 0.3) is 11.1 Å². The molecule has 0 aromatic heterocycles. The molecule has 3 aromatic rings. The topological polar surface area (TPSA) is 65.1 Å². The molecule has 0 atom stereocenters. The van der Waals surface area contributed by atoms with Crippen LogP contribution in [0.5, 0.6) is 17.2 Å². The molecular weight excluding hydrogens is 533 g/mol. The molecule has 9 heteroatoms. The van der Waals surface area contributed by atoms with Crippen LogP contribution in [0.2, 0.25) is 10.0 Å². The number of carbonyl (C=O) groups is 2. The van der Waals surface area contributed by atoms with Crippen LogP contribution in [0.15, 0.2) is 59.5 Å². The predicted octanol–water partition coefficient (Wildman–Crippen LogP) is 7.31. The smallest absolute Gasteiger partial charge is 0.293 e. The number of hydrogen-bond acceptors (Lipinski definition) is 6. The molecule has 3 aromatic carbocycles. The Kier molecular flexibility index (Phi) is 8.69. The fourth-order valence-electron chi connectivity index (χ4n) is 3.64. The SMILES string of the molecule is COc1cc(/C=C2\SC(=O)N(CCOc3cc(C)ccc3C)C2=O)ccc1OCc1ccc(Cl)c(Cl)c1. The number of hydrogen-bond donors (Lipinski definition) is 0. The van der Waals surface area contributed by atoms with Gasteiger partial charge < -0.3 is 14.2 Å². The van der Waals surface area contributed by atoms with Crippen molar-refractivity contribution in [3.8, 4) is 17.2 Å². The number of nitrogens with zero attached hydrogens (tertiary/aromatic N) is 1. The maximum Gasteiger partial charge on any atom is 0.293 e. The normalized spacial score (nSPS) is 14.4. The second kappa shape index (κ2) is 11.9. The zero-order valence-electron chi connectivity index (χ0n) is 20.5. The fraction of sp³-hybridized carbons (Fsp3) is 0.214. The Hall–Kier alpha value is -3.13. The minimum atomic E-state index is -0.349. The first kappa shape index (κ1) is 26.9. The summed E-state index contributed by atoms with van der Waals surface area (Å²) in [4.78, 5) is 26.9. The highest BCUT2D eigenvalue weighted by Gasteiger charge is 2.34. The van der Waals surface area contributed by atoms with Crippen molar-refractivity contribution in [2.75, 3.05) is 20.3 Å². The molecule has 1 fully saturated rings. The summed E-state index contributed by atoms with van der Waals surface area (Å²) in [6, 6.07) is 16.5. The molecule has 4 rings (SSSR count). The molecule has 37 heavy (non-hydrogen) atoms. The van der Waals surface area contributed by atoms with Gasteiger partial charge in [-0.2, -0.15) is 0 Å². The Bertz CT molecular complexity index is 1370. The maximum atomic E-state index is 12.9. The molecule has 0 unspecified atom stereocenters. The fourth-order valence-corrected chi connectivity index (χ4v) is 4.82. The average molecular weight is 558 g/mol. The Morgan fingerprint density at radius 2 is 1.70 bits per heavy atom. The number of carbonyl (C=O) groups excluding carboxylic acids is 2. The zero-order valence-corrected chi connectivity index (χ0v) is 22.9. The lowest BCUT2D eigenvalue weighted by atomic mass is 10.1. The summed E-state index contributed by atoms with van der Waals surface area (Å²) in [6.07, 6.45) is 1.67. The van der Waals surface area contributed by atoms with Gasteiger partial charge in [0.1, 0.15) is 19.0 Å². The standard InChI is InChI=1S/C28H25Cl2NO5S/c1-17-4-5-18(2)24(12-17)35-11-10-31-27(32)26(37-28(31)33)15-19-7-9-23(25(14-19)34-3)36-16-20-6-8-21(29)22(30)13-20/h4-9,12-15H,10-11,16H2,1-3H3/b26-15-. The molecule has 6 nitrogen and oxygen atoms in total. The van der Waals surface area contributed by atoms with Crippen LogP contribution in [0.3, 0.4) is 0 Å². The minimum Gasteiger partial charge on any atom is -0.493 e. The third-order valence-electron chi connectivity index (χ3n) is 5.65. The number of aryl methyl sites for hydroxylation is 2. The van der Waals surface area contributed by atoms with Gasteiger partial charge in [-0.25, -0.2) is 0 Å². The first-order chi connectivity index (χ1) is 17.7. The monoisotopic (exact) mass is 557 g/mol. The van der Waals surface area contributed by atoms with Crippen molar-refractivity contribution in [1.29, 1.82) is 0 Å². The van der Waals surface area contributed by atoms with Crippen molar-refractivity contribution in [1.82, 2.24) is 4.90 Å². The average Bonchev–Trinajstić information content (AvgIpc) is 3.14. The summed E-state index contributed by atoms with van der Waals surface area (Å²) in [5.74, 6) is 1.42. The van der Waals surface area contributed by atoms with Crippen molar-refractivity contribution in [3.63, 3.8) is 0 Å². The van der Waals surface area contributed by atoms with Crippen LogP contribution < -0.4 is 14.2 Å². The summed E-state index contributed by atoms with van der Waals surface area (Å²) in [5.41, 5.74) is 3.64. The number of methoxy groups -OCH3 is 1. The number of amides is 2. The van der Waals surface area contributed by atoms with Gasteiger partial charge in [-0.3, -0.25) is 14.5 Å². The van der Waals surface area contributed by atoms with E-state index < -0.39 is 0 Å². The first-order valence-electron chi connectivity index (χ1n) is 11.5. The maximum absolute atomic E-state index is 12.9. The molecule has 2 amide bonds. The molecule has 192 valence electrons. The van der Waals surface area contributed by atoms with Crippen LogP contribution in [-0.4, -0.2) is 36.3 Å². The van der Waals surface area contributed by atoms with E-state index in [1.54, 1.807) is 36.4 Å². The van der Waals surface area contributed by atoms with E-state index in [0.29, 0.717) is 32.0 Å². The van der Waals surface area contributed by atoms with Gasteiger partial charge in [-0.05, 0) is 84.3 Å². The molecule has 0 N–H and O–H groups in total. The summed E-state index contributed by atoms with van der Waals surface area (Å²) in [7, 11) is 1.54. The Morgan fingerprint density at radius 3 is 2.46 bits per heavy atom. The third-order valence-corrected chi connectivity index (χ3v) is 7.30. The third kappa shape index (κ3) is 6.60. The largest absolute Gasteiger partial charge is 0.493 e. The molecule has 0 bridgehead atoms. The van der Waals surface area contributed by atoms with Crippen LogP contribution in [0.1, 0.15) is 22.3 Å². The summed E-state index contributed by atoms with van der Waals surface area (Å²) in [6.45, 7) is 4.59. The van der Waals surface area contributed by atoms with Gasteiger partial charge in [-0.1, -0.05) is 47.5 Å². The summed E-state index contributed by atoms with van der Waals surface area (Å²) >= 11 is 12.9. The molecule has 1 aliphatic rings. The zero-order chi connectivity index (χ0) is 26.5. The number of rotatable bonds is 9. The van der Waals surface area contributed by atoms with Crippen LogP contribution in [0.25, 0.3) is 6.08 Å².